The molecule has 0 saturated heterocycles. The van der Waals surface area contributed by atoms with Crippen molar-refractivity contribution >= 4 is 5.91 Å². The highest BCUT2D eigenvalue weighted by molar-refractivity contribution is 5.81. The molecule has 1 aromatic carbocycles. The third-order valence-electron chi connectivity index (χ3n) is 4.98. The van der Waals surface area contributed by atoms with Crippen molar-refractivity contribution in [2.24, 2.45) is 0 Å². The Morgan fingerprint density at radius 3 is 2.73 bits per heavy atom. The van der Waals surface area contributed by atoms with Gasteiger partial charge in [-0.3, -0.25) is 4.79 Å². The molecule has 1 unspecified atom stereocenters. The van der Waals surface area contributed by atoms with Crippen LogP contribution in [0.1, 0.15) is 63.0 Å². The number of carbonyl (C=O) groups excluding carboxylic acids is 1. The third-order valence-corrected chi connectivity index (χ3v) is 4.98. The van der Waals surface area contributed by atoms with Crippen molar-refractivity contribution in [3.05, 3.63) is 29.3 Å². The van der Waals surface area contributed by atoms with Crippen molar-refractivity contribution < 1.29 is 9.53 Å². The van der Waals surface area contributed by atoms with Gasteiger partial charge in [0.15, 0.2) is 6.10 Å². The highest BCUT2D eigenvalue weighted by Gasteiger charge is 2.22. The zero-order valence-corrected chi connectivity index (χ0v) is 13.6. The van der Waals surface area contributed by atoms with Gasteiger partial charge in [0.25, 0.3) is 5.91 Å². The summed E-state index contributed by atoms with van der Waals surface area (Å²) < 4.78 is 6.00. The van der Waals surface area contributed by atoms with Gasteiger partial charge < -0.3 is 10.1 Å². The lowest BCUT2D eigenvalue weighted by Crippen LogP contribution is -2.43. The minimum atomic E-state index is -0.421. The van der Waals surface area contributed by atoms with E-state index in [4.69, 9.17) is 4.74 Å². The molecule has 3 rings (SSSR count). The van der Waals surface area contributed by atoms with E-state index in [0.717, 1.165) is 31.4 Å². The lowest BCUT2D eigenvalue weighted by atomic mass is 9.91. The Labute approximate surface area is 133 Å². The number of hydrogen-bond donors (Lipinski definition) is 1. The number of aryl methyl sites for hydroxylation is 1. The number of carbonyl (C=O) groups is 1. The van der Waals surface area contributed by atoms with Gasteiger partial charge in [-0.25, -0.2) is 0 Å². The number of nitrogens with one attached hydrogen (secondary N) is 1. The first-order valence-corrected chi connectivity index (χ1v) is 8.82. The summed E-state index contributed by atoms with van der Waals surface area (Å²) in [7, 11) is 0. The molecule has 2 aliphatic rings. The number of hydrogen-bond acceptors (Lipinski definition) is 2. The normalized spacial score (nSPS) is 20.0. The average molecular weight is 301 g/mol. The standard InChI is InChI=1S/C19H27NO2/c1-14(19(21)20-16-10-3-2-4-11-16)22-18-13-7-9-15-8-5-6-12-17(15)18/h7,9,13-14,16H,2-6,8,10-12H2,1H3,(H,20,21). The van der Waals surface area contributed by atoms with Gasteiger partial charge in [0.2, 0.25) is 0 Å². The van der Waals surface area contributed by atoms with E-state index in [1.807, 2.05) is 19.1 Å². The summed E-state index contributed by atoms with van der Waals surface area (Å²) in [6.07, 6.45) is 10.2. The lowest BCUT2D eigenvalue weighted by molar-refractivity contribution is -0.128. The highest BCUT2D eigenvalue weighted by Crippen LogP contribution is 2.30. The summed E-state index contributed by atoms with van der Waals surface area (Å²) in [6, 6.07) is 6.59. The van der Waals surface area contributed by atoms with Gasteiger partial charge in [0.1, 0.15) is 5.75 Å². The number of amides is 1. The molecule has 3 nitrogen and oxygen atoms in total. The van der Waals surface area contributed by atoms with Crippen LogP contribution in [-0.4, -0.2) is 18.1 Å². The first-order valence-electron chi connectivity index (χ1n) is 8.82. The Balaban J connectivity index is 1.61. The van der Waals surface area contributed by atoms with Crippen molar-refractivity contribution in [3.63, 3.8) is 0 Å². The topological polar surface area (TPSA) is 38.3 Å². The summed E-state index contributed by atoms with van der Waals surface area (Å²) in [5.74, 6) is 0.934. The number of ether oxygens (including phenoxy) is 1. The van der Waals surface area contributed by atoms with Gasteiger partial charge in [0, 0.05) is 6.04 Å². The van der Waals surface area contributed by atoms with Crippen molar-refractivity contribution in [2.75, 3.05) is 0 Å². The first-order chi connectivity index (χ1) is 10.7. The quantitative estimate of drug-likeness (QED) is 0.919. The predicted octanol–water partition coefficient (Wildman–Crippen LogP) is 3.78. The summed E-state index contributed by atoms with van der Waals surface area (Å²) >= 11 is 0. The van der Waals surface area contributed by atoms with E-state index in [0.29, 0.717) is 6.04 Å². The molecule has 1 fully saturated rings. The summed E-state index contributed by atoms with van der Waals surface area (Å²) in [4.78, 5) is 12.3. The summed E-state index contributed by atoms with van der Waals surface area (Å²) in [5, 5.41) is 3.15. The highest BCUT2D eigenvalue weighted by atomic mass is 16.5. The van der Waals surface area contributed by atoms with Crippen LogP contribution in [0.5, 0.6) is 5.75 Å². The van der Waals surface area contributed by atoms with Crippen molar-refractivity contribution in [3.8, 4) is 5.75 Å². The predicted molar refractivity (Wildman–Crippen MR) is 88.2 cm³/mol. The molecule has 0 radical (unpaired) electrons. The molecule has 3 heteroatoms. The van der Waals surface area contributed by atoms with Gasteiger partial charge in [-0.05, 0) is 62.6 Å². The number of rotatable bonds is 4. The van der Waals surface area contributed by atoms with E-state index in [9.17, 15) is 4.79 Å². The summed E-state index contributed by atoms with van der Waals surface area (Å²) in [6.45, 7) is 1.86. The van der Waals surface area contributed by atoms with Gasteiger partial charge in [-0.1, -0.05) is 31.4 Å². The van der Waals surface area contributed by atoms with Crippen LogP contribution in [0, 0.1) is 0 Å². The Morgan fingerprint density at radius 1 is 1.14 bits per heavy atom. The maximum atomic E-state index is 12.3. The van der Waals surface area contributed by atoms with Crippen molar-refractivity contribution in [1.29, 1.82) is 0 Å². The fraction of sp³-hybridized carbons (Fsp3) is 0.632. The van der Waals surface area contributed by atoms with Crippen LogP contribution >= 0.6 is 0 Å². The van der Waals surface area contributed by atoms with Crippen molar-refractivity contribution in [2.45, 2.75) is 76.9 Å². The largest absolute Gasteiger partial charge is 0.481 e. The number of fused-ring (bicyclic) bond motifs is 1. The SMILES string of the molecule is CC(Oc1cccc2c1CCCC2)C(=O)NC1CCCCC1. The van der Waals surface area contributed by atoms with Crippen LogP contribution in [0.4, 0.5) is 0 Å². The third kappa shape index (κ3) is 3.63. The van der Waals surface area contributed by atoms with Gasteiger partial charge >= 0.3 is 0 Å². The Kier molecular flexibility index (Phi) is 5.01. The van der Waals surface area contributed by atoms with Crippen LogP contribution in [0.3, 0.4) is 0 Å². The van der Waals surface area contributed by atoms with Gasteiger partial charge in [-0.15, -0.1) is 0 Å². The van der Waals surface area contributed by atoms with Crippen LogP contribution < -0.4 is 10.1 Å². The monoisotopic (exact) mass is 301 g/mol. The minimum absolute atomic E-state index is 0.0281. The average Bonchev–Trinajstić information content (AvgIpc) is 2.56. The second-order valence-corrected chi connectivity index (χ2v) is 6.70. The zero-order valence-electron chi connectivity index (χ0n) is 13.6. The fourth-order valence-corrected chi connectivity index (χ4v) is 3.67. The lowest BCUT2D eigenvalue weighted by Gasteiger charge is -2.26. The second-order valence-electron chi connectivity index (χ2n) is 6.70. The van der Waals surface area contributed by atoms with E-state index >= 15 is 0 Å². The molecule has 1 atom stereocenters. The Bertz CT molecular complexity index is 520. The molecule has 0 aromatic heterocycles. The van der Waals surface area contributed by atoms with E-state index in [1.54, 1.807) is 0 Å². The van der Waals surface area contributed by atoms with Crippen LogP contribution in [-0.2, 0) is 17.6 Å². The molecule has 1 amide bonds. The molecule has 1 aromatic rings. The molecular formula is C19H27NO2. The van der Waals surface area contributed by atoms with Gasteiger partial charge in [-0.2, -0.15) is 0 Å². The fourth-order valence-electron chi connectivity index (χ4n) is 3.67. The summed E-state index contributed by atoms with van der Waals surface area (Å²) in [5.41, 5.74) is 2.70. The Morgan fingerprint density at radius 2 is 1.91 bits per heavy atom. The van der Waals surface area contributed by atoms with Crippen LogP contribution in [0.25, 0.3) is 0 Å². The maximum absolute atomic E-state index is 12.3. The van der Waals surface area contributed by atoms with Gasteiger partial charge in [0.05, 0.1) is 0 Å². The molecule has 1 saturated carbocycles. The molecule has 1 N–H and O–H groups in total. The zero-order chi connectivity index (χ0) is 15.4. The smallest absolute Gasteiger partial charge is 0.260 e. The molecule has 0 aliphatic heterocycles. The molecule has 0 spiro atoms. The maximum Gasteiger partial charge on any atom is 0.260 e. The molecule has 120 valence electrons. The minimum Gasteiger partial charge on any atom is -0.481 e. The molecule has 0 bridgehead atoms. The second kappa shape index (κ2) is 7.17. The number of benzene rings is 1. The van der Waals surface area contributed by atoms with E-state index < -0.39 is 6.10 Å². The van der Waals surface area contributed by atoms with E-state index in [-0.39, 0.29) is 5.91 Å². The van der Waals surface area contributed by atoms with E-state index in [1.165, 1.54) is 43.2 Å². The molecule has 22 heavy (non-hydrogen) atoms. The molecule has 2 aliphatic carbocycles. The van der Waals surface area contributed by atoms with Crippen molar-refractivity contribution in [1.82, 2.24) is 5.32 Å². The molecule has 0 heterocycles. The van der Waals surface area contributed by atoms with E-state index in [2.05, 4.69) is 11.4 Å². The van der Waals surface area contributed by atoms with Crippen LogP contribution in [0.15, 0.2) is 18.2 Å². The van der Waals surface area contributed by atoms with Crippen LogP contribution in [0.2, 0.25) is 0 Å². The molecular weight excluding hydrogens is 274 g/mol. The Hall–Kier alpha value is -1.51. The first kappa shape index (κ1) is 15.4.